The topological polar surface area (TPSA) is 94.4 Å². The van der Waals surface area contributed by atoms with Crippen molar-refractivity contribution >= 4 is 23.2 Å². The van der Waals surface area contributed by atoms with Crippen molar-refractivity contribution in [1.82, 2.24) is 19.5 Å². The van der Waals surface area contributed by atoms with Crippen LogP contribution in [0.2, 0.25) is 0 Å². The number of morpholine rings is 1. The van der Waals surface area contributed by atoms with Gasteiger partial charge in [-0.05, 0) is 25.5 Å². The minimum atomic E-state index is -0.262. The summed E-state index contributed by atoms with van der Waals surface area (Å²) in [6, 6.07) is 5.59. The van der Waals surface area contributed by atoms with E-state index >= 15 is 0 Å². The number of methoxy groups -OCH3 is 1. The third-order valence-electron chi connectivity index (χ3n) is 5.95. The first-order chi connectivity index (χ1) is 15.6. The number of imidazole rings is 1. The van der Waals surface area contributed by atoms with Crippen LogP contribution in [0.3, 0.4) is 0 Å². The van der Waals surface area contributed by atoms with Crippen molar-refractivity contribution in [3.8, 4) is 11.4 Å². The molecule has 9 nitrogen and oxygen atoms in total. The van der Waals surface area contributed by atoms with Gasteiger partial charge >= 0.3 is 0 Å². The smallest absolute Gasteiger partial charge is 0.229 e. The van der Waals surface area contributed by atoms with Gasteiger partial charge in [-0.3, -0.25) is 4.79 Å². The number of rotatable bonds is 5. The van der Waals surface area contributed by atoms with E-state index in [0.29, 0.717) is 37.9 Å². The van der Waals surface area contributed by atoms with Gasteiger partial charge in [-0.1, -0.05) is 6.92 Å². The monoisotopic (exact) mass is 434 g/mol. The molecule has 0 spiro atoms. The van der Waals surface area contributed by atoms with Crippen LogP contribution in [0.25, 0.3) is 5.69 Å². The number of aromatic nitrogens is 4. The largest absolute Gasteiger partial charge is 0.494 e. The lowest BCUT2D eigenvalue weighted by Gasteiger charge is -2.40. The number of fused-ring (bicyclic) bond motifs is 3. The highest BCUT2D eigenvalue weighted by atomic mass is 16.5. The zero-order chi connectivity index (χ0) is 22.2. The zero-order valence-electron chi connectivity index (χ0n) is 18.5. The molecule has 1 unspecified atom stereocenters. The van der Waals surface area contributed by atoms with Crippen LogP contribution in [-0.2, 0) is 22.4 Å². The Balaban J connectivity index is 1.49. The van der Waals surface area contributed by atoms with Crippen molar-refractivity contribution in [3.05, 3.63) is 47.7 Å². The Labute approximate surface area is 186 Å². The van der Waals surface area contributed by atoms with E-state index in [4.69, 9.17) is 19.4 Å². The Bertz CT molecular complexity index is 1170. The molecule has 0 amide bonds. The quantitative estimate of drug-likeness (QED) is 0.655. The lowest BCUT2D eigenvalue weighted by atomic mass is 9.95. The summed E-state index contributed by atoms with van der Waals surface area (Å²) in [6.07, 6.45) is 4.80. The van der Waals surface area contributed by atoms with Crippen LogP contribution < -0.4 is 15.0 Å². The van der Waals surface area contributed by atoms with Gasteiger partial charge in [0.2, 0.25) is 5.95 Å². The van der Waals surface area contributed by atoms with Crippen molar-refractivity contribution < 1.29 is 14.3 Å². The molecule has 166 valence electrons. The van der Waals surface area contributed by atoms with Gasteiger partial charge in [0.1, 0.15) is 17.6 Å². The molecule has 5 rings (SSSR count). The molecule has 0 aliphatic carbocycles. The number of nitrogens with one attached hydrogen (secondary N) is 1. The fourth-order valence-corrected chi connectivity index (χ4v) is 4.35. The Hall–Kier alpha value is -3.46. The number of carbonyl (C=O) groups excluding carboxylic acids is 1. The molecular formula is C23H26N6O3. The Kier molecular flexibility index (Phi) is 5.26. The number of ether oxygens (including phenoxy) is 2. The first kappa shape index (κ1) is 20.4. The maximum Gasteiger partial charge on any atom is 0.229 e. The van der Waals surface area contributed by atoms with Crippen LogP contribution in [0, 0.1) is 6.92 Å². The zero-order valence-corrected chi connectivity index (χ0v) is 18.5. The highest BCUT2D eigenvalue weighted by Gasteiger charge is 2.37. The molecule has 2 aromatic heterocycles. The van der Waals surface area contributed by atoms with E-state index in [0.717, 1.165) is 40.6 Å². The summed E-state index contributed by atoms with van der Waals surface area (Å²) in [5.41, 5.74) is 4.48. The summed E-state index contributed by atoms with van der Waals surface area (Å²) < 4.78 is 13.1. The third-order valence-corrected chi connectivity index (χ3v) is 5.95. The number of hydrogen-bond donors (Lipinski definition) is 1. The van der Waals surface area contributed by atoms with E-state index in [-0.39, 0.29) is 11.8 Å². The van der Waals surface area contributed by atoms with Gasteiger partial charge in [0.05, 0.1) is 43.7 Å². The first-order valence-electron chi connectivity index (χ1n) is 10.8. The average molecular weight is 435 g/mol. The van der Waals surface area contributed by atoms with Gasteiger partial charge in [0.25, 0.3) is 0 Å². The second-order valence-electron chi connectivity index (χ2n) is 8.01. The van der Waals surface area contributed by atoms with E-state index in [2.05, 4.69) is 15.2 Å². The van der Waals surface area contributed by atoms with Gasteiger partial charge in [-0.2, -0.15) is 4.98 Å². The van der Waals surface area contributed by atoms with Crippen LogP contribution >= 0.6 is 0 Å². The number of hydrogen-bond acceptors (Lipinski definition) is 8. The molecule has 0 bridgehead atoms. The molecule has 2 aliphatic heterocycles. The van der Waals surface area contributed by atoms with Crippen LogP contribution in [0.5, 0.6) is 5.75 Å². The highest BCUT2D eigenvalue weighted by molar-refractivity contribution is 5.93. The number of benzene rings is 1. The summed E-state index contributed by atoms with van der Waals surface area (Å²) in [6.45, 7) is 5.65. The standard InChI is InChI=1S/C23H26N6O3/c1-4-17-16-10-20(30)19-12-32-8-7-29(19)22(16)27-23(26-17)25-15-5-6-18(21(9-15)31-3)28-11-14(2)24-13-28/h5-6,9,11,13,19H,4,7-8,10,12H2,1-3H3,(H,25,26,27). The lowest BCUT2D eigenvalue weighted by Crippen LogP contribution is -2.54. The van der Waals surface area contributed by atoms with Crippen molar-refractivity contribution in [2.75, 3.05) is 37.1 Å². The SMILES string of the molecule is CCc1nc(Nc2ccc(-n3cnc(C)c3)c(OC)c2)nc2c1CC(=O)C1COCCN21. The number of carbonyl (C=O) groups is 1. The Morgan fingerprint density at radius 1 is 1.31 bits per heavy atom. The maximum absolute atomic E-state index is 12.6. The molecule has 9 heteroatoms. The molecule has 3 aromatic rings. The van der Waals surface area contributed by atoms with Crippen molar-refractivity contribution in [2.24, 2.45) is 0 Å². The lowest BCUT2D eigenvalue weighted by molar-refractivity contribution is -0.122. The summed E-state index contributed by atoms with van der Waals surface area (Å²) >= 11 is 0. The van der Waals surface area contributed by atoms with Crippen LogP contribution in [0.1, 0.15) is 23.9 Å². The molecule has 32 heavy (non-hydrogen) atoms. The van der Waals surface area contributed by atoms with E-state index in [1.165, 1.54) is 0 Å². The molecule has 1 saturated heterocycles. The van der Waals surface area contributed by atoms with Gasteiger partial charge in [-0.15, -0.1) is 0 Å². The molecule has 0 saturated carbocycles. The van der Waals surface area contributed by atoms with Crippen LogP contribution in [0.15, 0.2) is 30.7 Å². The highest BCUT2D eigenvalue weighted by Crippen LogP contribution is 2.33. The van der Waals surface area contributed by atoms with Crippen LogP contribution in [0.4, 0.5) is 17.5 Å². The second kappa shape index (κ2) is 8.23. The molecule has 1 fully saturated rings. The molecule has 4 heterocycles. The summed E-state index contributed by atoms with van der Waals surface area (Å²) in [7, 11) is 1.65. The van der Waals surface area contributed by atoms with E-state index in [9.17, 15) is 4.79 Å². The van der Waals surface area contributed by atoms with Crippen LogP contribution in [-0.4, -0.2) is 58.2 Å². The summed E-state index contributed by atoms with van der Waals surface area (Å²) in [5.74, 6) is 2.23. The average Bonchev–Trinajstić information content (AvgIpc) is 3.25. The van der Waals surface area contributed by atoms with E-state index < -0.39 is 0 Å². The fourth-order valence-electron chi connectivity index (χ4n) is 4.35. The number of anilines is 3. The molecule has 2 aliphatic rings. The van der Waals surface area contributed by atoms with E-state index in [1.54, 1.807) is 13.4 Å². The fraction of sp³-hybridized carbons (Fsp3) is 0.391. The number of nitrogens with zero attached hydrogens (tertiary/aromatic N) is 5. The number of aryl methyl sites for hydroxylation is 2. The second-order valence-corrected chi connectivity index (χ2v) is 8.01. The van der Waals surface area contributed by atoms with Crippen molar-refractivity contribution in [2.45, 2.75) is 32.7 Å². The Morgan fingerprint density at radius 3 is 2.94 bits per heavy atom. The minimum Gasteiger partial charge on any atom is -0.494 e. The molecule has 1 N–H and O–H groups in total. The normalized spacial score (nSPS) is 17.7. The van der Waals surface area contributed by atoms with Crippen molar-refractivity contribution in [1.29, 1.82) is 0 Å². The number of ketones is 1. The molecule has 1 aromatic carbocycles. The minimum absolute atomic E-state index is 0.172. The predicted molar refractivity (Wildman–Crippen MR) is 120 cm³/mol. The molecule has 1 atom stereocenters. The van der Waals surface area contributed by atoms with E-state index in [1.807, 2.05) is 42.8 Å². The molecular weight excluding hydrogens is 408 g/mol. The number of Topliss-reactive ketones (excluding diaryl/α,β-unsaturated/α-hetero) is 1. The third kappa shape index (κ3) is 3.58. The van der Waals surface area contributed by atoms with Gasteiger partial charge < -0.3 is 24.3 Å². The first-order valence-corrected chi connectivity index (χ1v) is 10.8. The Morgan fingerprint density at radius 2 is 2.19 bits per heavy atom. The molecule has 0 radical (unpaired) electrons. The maximum atomic E-state index is 12.6. The van der Waals surface area contributed by atoms with Crippen molar-refractivity contribution in [3.63, 3.8) is 0 Å². The van der Waals surface area contributed by atoms with Gasteiger partial charge in [-0.25, -0.2) is 9.97 Å². The predicted octanol–water partition coefficient (Wildman–Crippen LogP) is 2.62. The van der Waals surface area contributed by atoms with Gasteiger partial charge in [0.15, 0.2) is 5.78 Å². The summed E-state index contributed by atoms with van der Waals surface area (Å²) in [4.78, 5) is 28.5. The van der Waals surface area contributed by atoms with Gasteiger partial charge in [0, 0.05) is 36.5 Å². The summed E-state index contributed by atoms with van der Waals surface area (Å²) in [5, 5.41) is 3.32.